The molecule has 0 radical (unpaired) electrons. The van der Waals surface area contributed by atoms with E-state index in [0.717, 1.165) is 27.0 Å². The van der Waals surface area contributed by atoms with Gasteiger partial charge in [-0.3, -0.25) is 4.68 Å². The number of rotatable bonds is 1. The molecule has 5 heteroatoms. The van der Waals surface area contributed by atoms with Crippen LogP contribution >= 0.6 is 15.9 Å². The number of fused-ring (bicyclic) bond motifs is 1. The van der Waals surface area contributed by atoms with Crippen molar-refractivity contribution in [1.82, 2.24) is 19.7 Å². The number of imidazole rings is 1. The number of hydrogen-bond acceptors (Lipinski definition) is 2. The van der Waals surface area contributed by atoms with E-state index in [9.17, 15) is 0 Å². The highest BCUT2D eigenvalue weighted by atomic mass is 79.9. The fourth-order valence-electron chi connectivity index (χ4n) is 1.74. The number of halogens is 1. The van der Waals surface area contributed by atoms with Crippen molar-refractivity contribution in [3.05, 3.63) is 34.9 Å². The molecule has 0 saturated heterocycles. The molecule has 1 N–H and O–H groups in total. The van der Waals surface area contributed by atoms with Crippen LogP contribution in [0.2, 0.25) is 0 Å². The molecular formula is C11H9BrN4. The second-order valence-electron chi connectivity index (χ2n) is 3.57. The lowest BCUT2D eigenvalue weighted by Crippen LogP contribution is -1.94. The Kier molecular flexibility index (Phi) is 2.07. The summed E-state index contributed by atoms with van der Waals surface area (Å²) in [7, 11) is 1.90. The number of aromatic nitrogens is 4. The van der Waals surface area contributed by atoms with Crippen molar-refractivity contribution in [2.45, 2.75) is 0 Å². The summed E-state index contributed by atoms with van der Waals surface area (Å²) in [6.07, 6.45) is 1.77. The maximum absolute atomic E-state index is 4.53. The number of hydrogen-bond donors (Lipinski definition) is 1. The predicted molar refractivity (Wildman–Crippen MR) is 66.0 cm³/mol. The smallest absolute Gasteiger partial charge is 0.158 e. The largest absolute Gasteiger partial charge is 0.337 e. The van der Waals surface area contributed by atoms with Crippen LogP contribution in [0.25, 0.3) is 22.6 Å². The van der Waals surface area contributed by atoms with Crippen LogP contribution < -0.4 is 0 Å². The molecule has 4 nitrogen and oxygen atoms in total. The van der Waals surface area contributed by atoms with Gasteiger partial charge in [-0.2, -0.15) is 5.10 Å². The molecule has 0 aliphatic carbocycles. The van der Waals surface area contributed by atoms with Gasteiger partial charge in [-0.1, -0.05) is 12.1 Å². The molecule has 0 amide bonds. The van der Waals surface area contributed by atoms with Gasteiger partial charge in [-0.05, 0) is 28.1 Å². The van der Waals surface area contributed by atoms with E-state index >= 15 is 0 Å². The summed E-state index contributed by atoms with van der Waals surface area (Å²) in [6, 6.07) is 7.96. The van der Waals surface area contributed by atoms with E-state index in [0.29, 0.717) is 0 Å². The summed E-state index contributed by atoms with van der Waals surface area (Å²) >= 11 is 3.47. The van der Waals surface area contributed by atoms with Crippen molar-refractivity contribution in [1.29, 1.82) is 0 Å². The molecule has 0 unspecified atom stereocenters. The first kappa shape index (κ1) is 9.59. The Morgan fingerprint density at radius 2 is 2.12 bits per heavy atom. The summed E-state index contributed by atoms with van der Waals surface area (Å²) in [6.45, 7) is 0. The molecule has 80 valence electrons. The summed E-state index contributed by atoms with van der Waals surface area (Å²) in [5.41, 5.74) is 2.95. The average Bonchev–Trinajstić information content (AvgIpc) is 2.82. The number of aromatic amines is 1. The molecule has 3 rings (SSSR count). The van der Waals surface area contributed by atoms with E-state index in [2.05, 4.69) is 31.0 Å². The Hall–Kier alpha value is -1.62. The standard InChI is InChI=1S/C11H9BrN4/c1-16-10(7(12)6-13-16)11-14-8-4-2-3-5-9(8)15-11/h2-6H,1H3,(H,14,15). The van der Waals surface area contributed by atoms with Crippen LogP contribution in [0.5, 0.6) is 0 Å². The van der Waals surface area contributed by atoms with Gasteiger partial charge in [-0.15, -0.1) is 0 Å². The van der Waals surface area contributed by atoms with Gasteiger partial charge >= 0.3 is 0 Å². The molecule has 0 fully saturated rings. The Morgan fingerprint density at radius 3 is 2.81 bits per heavy atom. The monoisotopic (exact) mass is 276 g/mol. The molecule has 0 bridgehead atoms. The van der Waals surface area contributed by atoms with Crippen molar-refractivity contribution < 1.29 is 0 Å². The topological polar surface area (TPSA) is 46.5 Å². The number of H-pyrrole nitrogens is 1. The van der Waals surface area contributed by atoms with Gasteiger partial charge in [-0.25, -0.2) is 4.98 Å². The Bertz CT molecular complexity index is 600. The van der Waals surface area contributed by atoms with Crippen molar-refractivity contribution in [2.75, 3.05) is 0 Å². The first-order valence-electron chi connectivity index (χ1n) is 4.88. The highest BCUT2D eigenvalue weighted by Crippen LogP contribution is 2.26. The van der Waals surface area contributed by atoms with Gasteiger partial charge in [0, 0.05) is 7.05 Å². The molecule has 0 aliphatic rings. The van der Waals surface area contributed by atoms with E-state index in [1.54, 1.807) is 10.9 Å². The third kappa shape index (κ3) is 1.36. The van der Waals surface area contributed by atoms with Gasteiger partial charge < -0.3 is 4.98 Å². The van der Waals surface area contributed by atoms with Crippen LogP contribution in [0.3, 0.4) is 0 Å². The predicted octanol–water partition coefficient (Wildman–Crippen LogP) is 2.73. The molecule has 0 spiro atoms. The van der Waals surface area contributed by atoms with E-state index in [-0.39, 0.29) is 0 Å². The molecular weight excluding hydrogens is 268 g/mol. The molecule has 16 heavy (non-hydrogen) atoms. The summed E-state index contributed by atoms with van der Waals surface area (Å²) in [5, 5.41) is 4.17. The molecule has 0 aliphatic heterocycles. The zero-order valence-electron chi connectivity index (χ0n) is 8.61. The normalized spacial score (nSPS) is 11.1. The van der Waals surface area contributed by atoms with E-state index in [4.69, 9.17) is 0 Å². The molecule has 0 saturated carbocycles. The van der Waals surface area contributed by atoms with Crippen molar-refractivity contribution in [3.8, 4) is 11.5 Å². The Labute approximate surface area is 100 Å². The van der Waals surface area contributed by atoms with Gasteiger partial charge in [0.1, 0.15) is 5.69 Å². The van der Waals surface area contributed by atoms with Crippen LogP contribution in [-0.4, -0.2) is 19.7 Å². The summed E-state index contributed by atoms with van der Waals surface area (Å²) in [4.78, 5) is 7.81. The van der Waals surface area contributed by atoms with E-state index < -0.39 is 0 Å². The van der Waals surface area contributed by atoms with Crippen LogP contribution in [0.1, 0.15) is 0 Å². The lowest BCUT2D eigenvalue weighted by molar-refractivity contribution is 0.771. The summed E-state index contributed by atoms with van der Waals surface area (Å²) in [5.74, 6) is 0.827. The zero-order valence-corrected chi connectivity index (χ0v) is 10.2. The molecule has 1 aromatic carbocycles. The van der Waals surface area contributed by atoms with Crippen molar-refractivity contribution >= 4 is 27.0 Å². The SMILES string of the molecule is Cn1ncc(Br)c1-c1nc2ccccc2[nH]1. The first-order chi connectivity index (χ1) is 7.75. The fraction of sp³-hybridized carbons (Fsp3) is 0.0909. The number of benzene rings is 1. The van der Waals surface area contributed by atoms with Crippen LogP contribution in [-0.2, 0) is 7.05 Å². The first-order valence-corrected chi connectivity index (χ1v) is 5.67. The minimum absolute atomic E-state index is 0.827. The van der Waals surface area contributed by atoms with Crippen LogP contribution in [0, 0.1) is 0 Å². The number of aryl methyl sites for hydroxylation is 1. The van der Waals surface area contributed by atoms with Gasteiger partial charge in [0.2, 0.25) is 0 Å². The molecule has 2 aromatic heterocycles. The highest BCUT2D eigenvalue weighted by Gasteiger charge is 2.12. The minimum Gasteiger partial charge on any atom is -0.337 e. The van der Waals surface area contributed by atoms with Crippen LogP contribution in [0.15, 0.2) is 34.9 Å². The van der Waals surface area contributed by atoms with Gasteiger partial charge in [0.15, 0.2) is 5.82 Å². The van der Waals surface area contributed by atoms with E-state index in [1.807, 2.05) is 31.3 Å². The van der Waals surface area contributed by atoms with Gasteiger partial charge in [0.25, 0.3) is 0 Å². The Balaban J connectivity index is 2.27. The quantitative estimate of drug-likeness (QED) is 0.743. The lowest BCUT2D eigenvalue weighted by Gasteiger charge is -1.97. The second kappa shape index (κ2) is 3.45. The maximum atomic E-state index is 4.53. The number of para-hydroxylation sites is 2. The van der Waals surface area contributed by atoms with Crippen molar-refractivity contribution in [2.24, 2.45) is 7.05 Å². The van der Waals surface area contributed by atoms with Crippen LogP contribution in [0.4, 0.5) is 0 Å². The molecule has 2 heterocycles. The molecule has 0 atom stereocenters. The molecule has 3 aromatic rings. The van der Waals surface area contributed by atoms with Crippen molar-refractivity contribution in [3.63, 3.8) is 0 Å². The zero-order chi connectivity index (χ0) is 11.1. The highest BCUT2D eigenvalue weighted by molar-refractivity contribution is 9.10. The number of nitrogens with zero attached hydrogens (tertiary/aromatic N) is 3. The number of nitrogens with one attached hydrogen (secondary N) is 1. The average molecular weight is 277 g/mol. The minimum atomic E-state index is 0.827. The lowest BCUT2D eigenvalue weighted by atomic mass is 10.3. The Morgan fingerprint density at radius 1 is 1.31 bits per heavy atom. The van der Waals surface area contributed by atoms with E-state index in [1.165, 1.54) is 0 Å². The summed E-state index contributed by atoms with van der Waals surface area (Å²) < 4.78 is 2.73. The third-order valence-corrected chi connectivity index (χ3v) is 3.09. The second-order valence-corrected chi connectivity index (χ2v) is 4.42. The fourth-order valence-corrected chi connectivity index (χ4v) is 2.28. The maximum Gasteiger partial charge on any atom is 0.158 e. The third-order valence-electron chi connectivity index (χ3n) is 2.51. The van der Waals surface area contributed by atoms with Gasteiger partial charge in [0.05, 0.1) is 21.7 Å².